The van der Waals surface area contributed by atoms with Crippen LogP contribution in [0, 0.1) is 0 Å². The fourth-order valence-corrected chi connectivity index (χ4v) is 4.32. The van der Waals surface area contributed by atoms with Crippen LogP contribution in [0.1, 0.15) is 37.8 Å². The van der Waals surface area contributed by atoms with Crippen LogP contribution < -0.4 is 9.47 Å². The Balaban J connectivity index is 1.59. The number of aliphatic hydroxyl groups is 2. The molecule has 2 unspecified atom stereocenters. The summed E-state index contributed by atoms with van der Waals surface area (Å²) in [5, 5.41) is 23.7. The van der Waals surface area contributed by atoms with Crippen LogP contribution >= 0.6 is 0 Å². The second-order valence-corrected chi connectivity index (χ2v) is 8.31. The highest BCUT2D eigenvalue weighted by Gasteiger charge is 2.49. The van der Waals surface area contributed by atoms with Crippen LogP contribution in [0.15, 0.2) is 109 Å². The van der Waals surface area contributed by atoms with E-state index in [-0.39, 0.29) is 0 Å². The zero-order valence-electron chi connectivity index (χ0n) is 19.5. The molecule has 0 fully saturated rings. The maximum Gasteiger partial charge on any atom is 0.127 e. The average Bonchev–Trinajstić information content (AvgIpc) is 2.90. The Hall–Kier alpha value is -3.60. The Morgan fingerprint density at radius 1 is 0.471 bits per heavy atom. The van der Waals surface area contributed by atoms with Crippen LogP contribution in [0.4, 0.5) is 0 Å². The van der Waals surface area contributed by atoms with Gasteiger partial charge in [-0.25, -0.2) is 0 Å². The number of rotatable bonds is 9. The highest BCUT2D eigenvalue weighted by atomic mass is 16.5. The normalized spacial score (nSPS) is 14.6. The number of ether oxygens (including phenoxy) is 2. The summed E-state index contributed by atoms with van der Waals surface area (Å²) in [7, 11) is 0. The minimum Gasteiger partial charge on any atom is -0.457 e. The Bertz CT molecular complexity index is 1080. The Morgan fingerprint density at radius 2 is 0.765 bits per heavy atom. The van der Waals surface area contributed by atoms with Crippen LogP contribution in [-0.4, -0.2) is 10.2 Å². The molecule has 0 heterocycles. The lowest BCUT2D eigenvalue weighted by Crippen LogP contribution is -2.48. The topological polar surface area (TPSA) is 58.9 Å². The van der Waals surface area contributed by atoms with E-state index >= 15 is 0 Å². The van der Waals surface area contributed by atoms with Gasteiger partial charge in [-0.05, 0) is 72.5 Å². The monoisotopic (exact) mass is 454 g/mol. The smallest absolute Gasteiger partial charge is 0.127 e. The highest BCUT2D eigenvalue weighted by molar-refractivity contribution is 5.41. The first-order chi connectivity index (χ1) is 16.5. The summed E-state index contributed by atoms with van der Waals surface area (Å²) in [6.45, 7) is 3.75. The maximum absolute atomic E-state index is 11.8. The predicted molar refractivity (Wildman–Crippen MR) is 134 cm³/mol. The van der Waals surface area contributed by atoms with E-state index in [1.165, 1.54) is 0 Å². The summed E-state index contributed by atoms with van der Waals surface area (Å²) < 4.78 is 11.8. The van der Waals surface area contributed by atoms with E-state index in [9.17, 15) is 10.2 Å². The van der Waals surface area contributed by atoms with Gasteiger partial charge in [0.25, 0.3) is 0 Å². The molecule has 2 N–H and O–H groups in total. The Labute approximate surface area is 201 Å². The molecule has 2 atom stereocenters. The van der Waals surface area contributed by atoms with Crippen molar-refractivity contribution in [1.29, 1.82) is 0 Å². The van der Waals surface area contributed by atoms with Gasteiger partial charge in [-0.3, -0.25) is 0 Å². The first-order valence-corrected chi connectivity index (χ1v) is 11.6. The summed E-state index contributed by atoms with van der Waals surface area (Å²) in [5.41, 5.74) is -1.72. The quantitative estimate of drug-likeness (QED) is 0.282. The van der Waals surface area contributed by atoms with Crippen molar-refractivity contribution in [2.24, 2.45) is 0 Å². The van der Waals surface area contributed by atoms with E-state index in [0.29, 0.717) is 35.5 Å². The molecule has 4 aromatic carbocycles. The van der Waals surface area contributed by atoms with Gasteiger partial charge in [0, 0.05) is 0 Å². The molecule has 0 radical (unpaired) electrons. The van der Waals surface area contributed by atoms with Gasteiger partial charge in [-0.2, -0.15) is 0 Å². The molecule has 4 heteroatoms. The van der Waals surface area contributed by atoms with Gasteiger partial charge in [0.1, 0.15) is 34.2 Å². The van der Waals surface area contributed by atoms with Gasteiger partial charge in [-0.1, -0.05) is 74.5 Å². The lowest BCUT2D eigenvalue weighted by molar-refractivity contribution is -0.169. The third kappa shape index (κ3) is 4.69. The summed E-state index contributed by atoms with van der Waals surface area (Å²) in [4.78, 5) is 0. The third-order valence-electron chi connectivity index (χ3n) is 6.33. The van der Waals surface area contributed by atoms with E-state index in [1.54, 1.807) is 0 Å². The maximum atomic E-state index is 11.8. The molecule has 0 aliphatic carbocycles. The summed E-state index contributed by atoms with van der Waals surface area (Å²) in [6.07, 6.45) is 0.664. The fraction of sp³-hybridized carbons (Fsp3) is 0.200. The van der Waals surface area contributed by atoms with Crippen LogP contribution in [0.2, 0.25) is 0 Å². The molecule has 174 valence electrons. The second kappa shape index (κ2) is 10.1. The van der Waals surface area contributed by atoms with E-state index < -0.39 is 11.2 Å². The molecule has 0 saturated carbocycles. The molecule has 4 nitrogen and oxygen atoms in total. The second-order valence-electron chi connectivity index (χ2n) is 8.31. The molecule has 0 spiro atoms. The van der Waals surface area contributed by atoms with Crippen LogP contribution in [0.5, 0.6) is 23.0 Å². The van der Waals surface area contributed by atoms with Gasteiger partial charge in [0.15, 0.2) is 0 Å². The predicted octanol–water partition coefficient (Wildman–Crippen LogP) is 7.17. The van der Waals surface area contributed by atoms with Crippen molar-refractivity contribution >= 4 is 0 Å². The minimum absolute atomic E-state index is 0.332. The first-order valence-electron chi connectivity index (χ1n) is 11.6. The number of benzene rings is 4. The molecule has 0 aliphatic heterocycles. The molecule has 34 heavy (non-hydrogen) atoms. The van der Waals surface area contributed by atoms with E-state index in [1.807, 2.05) is 123 Å². The first kappa shape index (κ1) is 23.6. The van der Waals surface area contributed by atoms with Crippen molar-refractivity contribution in [3.8, 4) is 23.0 Å². The zero-order chi connectivity index (χ0) is 24.0. The van der Waals surface area contributed by atoms with E-state index in [2.05, 4.69) is 0 Å². The van der Waals surface area contributed by atoms with E-state index in [4.69, 9.17) is 9.47 Å². The van der Waals surface area contributed by atoms with Gasteiger partial charge >= 0.3 is 0 Å². The molecule has 0 bridgehead atoms. The van der Waals surface area contributed by atoms with Crippen molar-refractivity contribution in [2.45, 2.75) is 37.9 Å². The zero-order valence-corrected chi connectivity index (χ0v) is 19.5. The number of hydrogen-bond acceptors (Lipinski definition) is 4. The molecular weight excluding hydrogens is 424 g/mol. The van der Waals surface area contributed by atoms with Crippen LogP contribution in [-0.2, 0) is 11.2 Å². The highest BCUT2D eigenvalue weighted by Crippen LogP contribution is 2.46. The van der Waals surface area contributed by atoms with E-state index in [0.717, 1.165) is 11.5 Å². The average molecular weight is 455 g/mol. The SMILES string of the molecule is CCC(O)(c1ccc(Oc2ccccc2)cc1)C(O)(CC)c1ccc(Oc2ccccc2)cc1. The number of hydrogen-bond donors (Lipinski definition) is 2. The third-order valence-corrected chi connectivity index (χ3v) is 6.33. The van der Waals surface area contributed by atoms with Crippen molar-refractivity contribution in [3.05, 3.63) is 120 Å². The van der Waals surface area contributed by atoms with Crippen molar-refractivity contribution in [3.63, 3.8) is 0 Å². The van der Waals surface area contributed by atoms with Crippen LogP contribution in [0.3, 0.4) is 0 Å². The molecule has 0 aromatic heterocycles. The van der Waals surface area contributed by atoms with Crippen LogP contribution in [0.25, 0.3) is 0 Å². The van der Waals surface area contributed by atoms with Gasteiger partial charge < -0.3 is 19.7 Å². The van der Waals surface area contributed by atoms with Crippen molar-refractivity contribution in [2.75, 3.05) is 0 Å². The van der Waals surface area contributed by atoms with Gasteiger partial charge in [-0.15, -0.1) is 0 Å². The lowest BCUT2D eigenvalue weighted by Gasteiger charge is -2.43. The van der Waals surface area contributed by atoms with Crippen molar-refractivity contribution < 1.29 is 19.7 Å². The minimum atomic E-state index is -1.49. The van der Waals surface area contributed by atoms with Gasteiger partial charge in [0.2, 0.25) is 0 Å². The lowest BCUT2D eigenvalue weighted by atomic mass is 9.70. The molecule has 0 amide bonds. The summed E-state index contributed by atoms with van der Waals surface area (Å²) >= 11 is 0. The largest absolute Gasteiger partial charge is 0.457 e. The molecular formula is C30H30O4. The summed E-state index contributed by atoms with van der Waals surface area (Å²) in [5.74, 6) is 2.81. The van der Waals surface area contributed by atoms with Crippen molar-refractivity contribution in [1.82, 2.24) is 0 Å². The Morgan fingerprint density at radius 3 is 1.06 bits per heavy atom. The number of para-hydroxylation sites is 2. The molecule has 0 aliphatic rings. The fourth-order valence-electron chi connectivity index (χ4n) is 4.32. The standard InChI is InChI=1S/C30H30O4/c1-3-29(31,23-15-19-27(20-16-23)33-25-11-7-5-8-12-25)30(32,4-2)24-17-21-28(22-18-24)34-26-13-9-6-10-14-26/h5-22,31-32H,3-4H2,1-2H3. The molecule has 0 saturated heterocycles. The summed E-state index contributed by atoms with van der Waals surface area (Å²) in [6, 6.07) is 33.6. The van der Waals surface area contributed by atoms with Gasteiger partial charge in [0.05, 0.1) is 0 Å². The molecule has 4 rings (SSSR count). The Kier molecular flexibility index (Phi) is 7.01. The molecule has 4 aromatic rings.